The quantitative estimate of drug-likeness (QED) is 0.853. The fraction of sp³-hybridized carbons (Fsp3) is 0.429. The number of hydrogen-bond acceptors (Lipinski definition) is 4. The van der Waals surface area contributed by atoms with E-state index in [0.717, 1.165) is 12.8 Å². The van der Waals surface area contributed by atoms with E-state index in [9.17, 15) is 9.59 Å². The summed E-state index contributed by atoms with van der Waals surface area (Å²) in [5.74, 6) is -0.391. The van der Waals surface area contributed by atoms with E-state index in [1.54, 1.807) is 24.3 Å². The Labute approximate surface area is 117 Å². The van der Waals surface area contributed by atoms with Crippen LogP contribution in [0.25, 0.3) is 0 Å². The number of carbonyl (C=O) groups excluding carboxylic acids is 2. The molecule has 1 saturated heterocycles. The monoisotopic (exact) mass is 278 g/mol. The zero-order chi connectivity index (χ0) is 14.4. The van der Waals surface area contributed by atoms with Crippen molar-refractivity contribution in [3.05, 3.63) is 24.3 Å². The number of benzene rings is 1. The van der Waals surface area contributed by atoms with Crippen LogP contribution < -0.4 is 10.6 Å². The highest BCUT2D eigenvalue weighted by Gasteiger charge is 2.23. The van der Waals surface area contributed by atoms with Crippen LogP contribution in [0.5, 0.6) is 0 Å². The Morgan fingerprint density at radius 1 is 1.35 bits per heavy atom. The molecule has 0 aromatic heterocycles. The second kappa shape index (κ2) is 7.02. The summed E-state index contributed by atoms with van der Waals surface area (Å²) in [7, 11) is 1.46. The molecule has 1 aromatic rings. The Kier molecular flexibility index (Phi) is 5.09. The van der Waals surface area contributed by atoms with Gasteiger partial charge in [0, 0.05) is 25.1 Å². The first-order valence-corrected chi connectivity index (χ1v) is 6.50. The van der Waals surface area contributed by atoms with E-state index in [-0.39, 0.29) is 24.5 Å². The molecule has 1 fully saturated rings. The van der Waals surface area contributed by atoms with Crippen LogP contribution in [-0.4, -0.2) is 38.2 Å². The van der Waals surface area contributed by atoms with E-state index in [1.807, 2.05) is 0 Å². The highest BCUT2D eigenvalue weighted by atomic mass is 16.5. The number of amides is 2. The van der Waals surface area contributed by atoms with E-state index in [4.69, 9.17) is 9.47 Å². The topological polar surface area (TPSA) is 76.7 Å². The van der Waals surface area contributed by atoms with Crippen LogP contribution in [0.4, 0.5) is 11.4 Å². The smallest absolute Gasteiger partial charge is 0.253 e. The Bertz CT molecular complexity index is 484. The third kappa shape index (κ3) is 4.04. The highest BCUT2D eigenvalue weighted by molar-refractivity contribution is 5.96. The molecule has 0 aliphatic carbocycles. The van der Waals surface area contributed by atoms with Crippen LogP contribution in [0, 0.1) is 0 Å². The van der Waals surface area contributed by atoms with Crippen LogP contribution in [0.2, 0.25) is 0 Å². The molecule has 20 heavy (non-hydrogen) atoms. The average Bonchev–Trinajstić information content (AvgIpc) is 2.93. The van der Waals surface area contributed by atoms with Crippen LogP contribution in [0.15, 0.2) is 24.3 Å². The van der Waals surface area contributed by atoms with Crippen molar-refractivity contribution in [3.8, 4) is 0 Å². The molecule has 6 nitrogen and oxygen atoms in total. The number of carbonyl (C=O) groups is 2. The second-order valence-electron chi connectivity index (χ2n) is 4.55. The largest absolute Gasteiger partial charge is 0.375 e. The molecule has 1 heterocycles. The van der Waals surface area contributed by atoms with Gasteiger partial charge < -0.3 is 20.1 Å². The van der Waals surface area contributed by atoms with Crippen molar-refractivity contribution in [2.75, 3.05) is 31.0 Å². The van der Waals surface area contributed by atoms with Crippen molar-refractivity contribution in [1.29, 1.82) is 0 Å². The Hall–Kier alpha value is -1.92. The number of methoxy groups -OCH3 is 1. The lowest BCUT2D eigenvalue weighted by molar-refractivity contribution is -0.124. The minimum absolute atomic E-state index is 0.00744. The molecule has 0 bridgehead atoms. The molecular formula is C14H18N2O4. The van der Waals surface area contributed by atoms with Crippen molar-refractivity contribution in [1.82, 2.24) is 0 Å². The van der Waals surface area contributed by atoms with Crippen LogP contribution in [-0.2, 0) is 19.1 Å². The predicted molar refractivity (Wildman–Crippen MR) is 74.6 cm³/mol. The third-order valence-corrected chi connectivity index (χ3v) is 2.91. The van der Waals surface area contributed by atoms with Gasteiger partial charge in [0.1, 0.15) is 12.7 Å². The lowest BCUT2D eigenvalue weighted by Gasteiger charge is -2.11. The first-order valence-electron chi connectivity index (χ1n) is 6.50. The van der Waals surface area contributed by atoms with Crippen molar-refractivity contribution < 1.29 is 19.1 Å². The Morgan fingerprint density at radius 2 is 2.10 bits per heavy atom. The maximum Gasteiger partial charge on any atom is 0.253 e. The fourth-order valence-electron chi connectivity index (χ4n) is 2.01. The van der Waals surface area contributed by atoms with Gasteiger partial charge in [0.25, 0.3) is 5.91 Å². The van der Waals surface area contributed by atoms with Crippen LogP contribution >= 0.6 is 0 Å². The summed E-state index contributed by atoms with van der Waals surface area (Å²) < 4.78 is 10.1. The summed E-state index contributed by atoms with van der Waals surface area (Å²) in [5.41, 5.74) is 1.23. The molecule has 1 aliphatic rings. The zero-order valence-electron chi connectivity index (χ0n) is 11.3. The van der Waals surface area contributed by atoms with Crippen molar-refractivity contribution in [2.45, 2.75) is 18.9 Å². The summed E-state index contributed by atoms with van der Waals surface area (Å²) in [6.45, 7) is 0.623. The van der Waals surface area contributed by atoms with E-state index in [2.05, 4.69) is 10.6 Å². The highest BCUT2D eigenvalue weighted by Crippen LogP contribution is 2.18. The van der Waals surface area contributed by atoms with Gasteiger partial charge >= 0.3 is 0 Å². The molecular weight excluding hydrogens is 260 g/mol. The number of nitrogens with one attached hydrogen (secondary N) is 2. The molecule has 2 rings (SSSR count). The van der Waals surface area contributed by atoms with Crippen molar-refractivity contribution in [2.24, 2.45) is 0 Å². The molecule has 1 atom stereocenters. The molecule has 2 amide bonds. The Morgan fingerprint density at radius 3 is 2.75 bits per heavy atom. The van der Waals surface area contributed by atoms with E-state index >= 15 is 0 Å². The third-order valence-electron chi connectivity index (χ3n) is 2.91. The number of ether oxygens (including phenoxy) is 2. The molecule has 0 saturated carbocycles. The summed E-state index contributed by atoms with van der Waals surface area (Å²) >= 11 is 0. The van der Waals surface area contributed by atoms with Gasteiger partial charge in [0.15, 0.2) is 0 Å². The lowest BCUT2D eigenvalue weighted by Crippen LogP contribution is -2.26. The fourth-order valence-corrected chi connectivity index (χ4v) is 2.01. The van der Waals surface area contributed by atoms with E-state index in [1.165, 1.54) is 7.11 Å². The van der Waals surface area contributed by atoms with Crippen molar-refractivity contribution in [3.63, 3.8) is 0 Å². The summed E-state index contributed by atoms with van der Waals surface area (Å²) in [6, 6.07) is 6.96. The minimum Gasteiger partial charge on any atom is -0.375 e. The predicted octanol–water partition coefficient (Wildman–Crippen LogP) is 1.39. The molecule has 0 radical (unpaired) electrons. The molecule has 1 aliphatic heterocycles. The van der Waals surface area contributed by atoms with Gasteiger partial charge in [0.05, 0.1) is 0 Å². The average molecular weight is 278 g/mol. The molecule has 2 N–H and O–H groups in total. The standard InChI is InChI=1S/C14H18N2O4/c1-19-9-13(17)15-10-4-2-5-11(8-10)16-14(18)12-6-3-7-20-12/h2,4-5,8,12H,3,6-7,9H2,1H3,(H,15,17)(H,16,18)/t12-/m1/s1. The maximum atomic E-state index is 11.9. The molecule has 6 heteroatoms. The van der Waals surface area contributed by atoms with Gasteiger partial charge in [-0.2, -0.15) is 0 Å². The van der Waals surface area contributed by atoms with Gasteiger partial charge in [-0.25, -0.2) is 0 Å². The summed E-state index contributed by atoms with van der Waals surface area (Å²) in [5, 5.41) is 5.46. The van der Waals surface area contributed by atoms with Gasteiger partial charge in [-0.05, 0) is 31.0 Å². The van der Waals surface area contributed by atoms with Gasteiger partial charge in [-0.15, -0.1) is 0 Å². The van der Waals surface area contributed by atoms with Gasteiger partial charge in [-0.3, -0.25) is 9.59 Å². The zero-order valence-corrected chi connectivity index (χ0v) is 11.3. The lowest BCUT2D eigenvalue weighted by atomic mass is 10.2. The van der Waals surface area contributed by atoms with Crippen molar-refractivity contribution >= 4 is 23.2 Å². The van der Waals surface area contributed by atoms with Gasteiger partial charge in [-0.1, -0.05) is 6.07 Å². The maximum absolute atomic E-state index is 11.9. The second-order valence-corrected chi connectivity index (χ2v) is 4.55. The Balaban J connectivity index is 1.95. The molecule has 108 valence electrons. The normalized spacial score (nSPS) is 17.8. The molecule has 1 aromatic carbocycles. The number of hydrogen-bond donors (Lipinski definition) is 2. The number of rotatable bonds is 5. The van der Waals surface area contributed by atoms with E-state index < -0.39 is 0 Å². The summed E-state index contributed by atoms with van der Waals surface area (Å²) in [4.78, 5) is 23.3. The van der Waals surface area contributed by atoms with Crippen LogP contribution in [0.3, 0.4) is 0 Å². The molecule has 0 spiro atoms. The molecule has 0 unspecified atom stereocenters. The van der Waals surface area contributed by atoms with Crippen LogP contribution in [0.1, 0.15) is 12.8 Å². The SMILES string of the molecule is COCC(=O)Nc1cccc(NC(=O)[C@H]2CCCO2)c1. The van der Waals surface area contributed by atoms with E-state index in [0.29, 0.717) is 18.0 Å². The number of anilines is 2. The minimum atomic E-state index is -0.373. The first-order chi connectivity index (χ1) is 9.69. The van der Waals surface area contributed by atoms with Gasteiger partial charge in [0.2, 0.25) is 5.91 Å². The first kappa shape index (κ1) is 14.5. The summed E-state index contributed by atoms with van der Waals surface area (Å²) in [6.07, 6.45) is 1.28.